The molecule has 0 amide bonds. The van der Waals surface area contributed by atoms with E-state index in [1.54, 1.807) is 28.4 Å². The zero-order valence-corrected chi connectivity index (χ0v) is 26.7. The lowest BCUT2D eigenvalue weighted by atomic mass is 9.68. The van der Waals surface area contributed by atoms with E-state index in [0.717, 1.165) is 0 Å². The first-order valence-corrected chi connectivity index (χ1v) is 14.4. The Morgan fingerprint density at radius 3 is 0.875 bits per heavy atom. The predicted octanol–water partition coefficient (Wildman–Crippen LogP) is 11.3. The molecule has 4 aromatic rings. The van der Waals surface area contributed by atoms with E-state index in [-0.39, 0.29) is 12.8 Å². The van der Waals surface area contributed by atoms with Crippen LogP contribution in [0.4, 0.5) is 0 Å². The largest absolute Gasteiger partial charge is 0.388 e. The Balaban J connectivity index is -0.000000794. The Hall–Kier alpha value is -3.20. The molecular formula is C38H58O2. The molecule has 0 fully saturated rings. The molecule has 222 valence electrons. The van der Waals surface area contributed by atoms with Gasteiger partial charge in [0.2, 0.25) is 0 Å². The second-order valence-electron chi connectivity index (χ2n) is 7.39. The smallest absolute Gasteiger partial charge is 0.0713 e. The van der Waals surface area contributed by atoms with Crippen molar-refractivity contribution in [2.24, 2.45) is 0 Å². The van der Waals surface area contributed by atoms with Crippen LogP contribution < -0.4 is 0 Å². The van der Waals surface area contributed by atoms with Crippen LogP contribution in [0.25, 0.3) is 11.1 Å². The van der Waals surface area contributed by atoms with Crippen LogP contribution in [0.2, 0.25) is 0 Å². The molecule has 0 aliphatic heterocycles. The Morgan fingerprint density at radius 2 is 0.600 bits per heavy atom. The summed E-state index contributed by atoms with van der Waals surface area (Å²) in [5.41, 5.74) is 7.80. The van der Waals surface area contributed by atoms with Gasteiger partial charge in [0.15, 0.2) is 0 Å². The summed E-state index contributed by atoms with van der Waals surface area (Å²) in [4.78, 5) is 0. The normalized spacial score (nSPS) is 10.2. The summed E-state index contributed by atoms with van der Waals surface area (Å²) in [6, 6.07) is 39.5. The van der Waals surface area contributed by atoms with Crippen molar-refractivity contribution >= 4 is 0 Å². The summed E-state index contributed by atoms with van der Waals surface area (Å²) in [6.45, 7) is 16.0. The monoisotopic (exact) mass is 546 g/mol. The van der Waals surface area contributed by atoms with Gasteiger partial charge < -0.3 is 9.47 Å². The Bertz CT molecular complexity index is 984. The van der Waals surface area contributed by atoms with Gasteiger partial charge in [-0.1, -0.05) is 172 Å². The molecule has 40 heavy (non-hydrogen) atoms. The van der Waals surface area contributed by atoms with E-state index in [0.29, 0.717) is 0 Å². The second-order valence-corrected chi connectivity index (χ2v) is 7.39. The van der Waals surface area contributed by atoms with Crippen LogP contribution in [0.3, 0.4) is 0 Å². The molecule has 0 aromatic heterocycles. The van der Waals surface area contributed by atoms with Crippen LogP contribution in [0.5, 0.6) is 0 Å². The number of methoxy groups -OCH3 is 2. The van der Waals surface area contributed by atoms with Crippen LogP contribution in [0, 0.1) is 0 Å². The third kappa shape index (κ3) is 10.1. The zero-order chi connectivity index (χ0) is 30.1. The minimum absolute atomic E-state index is 0. The minimum Gasteiger partial charge on any atom is -0.388 e. The maximum Gasteiger partial charge on any atom is 0.0713 e. The Morgan fingerprint density at radius 1 is 0.375 bits per heavy atom. The highest BCUT2D eigenvalue weighted by Crippen LogP contribution is 2.55. The third-order valence-corrected chi connectivity index (χ3v) is 5.37. The van der Waals surface area contributed by atoms with Crippen LogP contribution >= 0.6 is 0 Å². The lowest BCUT2D eigenvalue weighted by molar-refractivity contribution is 0.277. The molecule has 0 heterocycles. The highest BCUT2D eigenvalue weighted by Gasteiger charge is 2.45. The van der Waals surface area contributed by atoms with Crippen LogP contribution in [0.1, 0.15) is 85.1 Å². The number of benzene rings is 4. The lowest BCUT2D eigenvalue weighted by Gasteiger charge is -2.33. The first kappa shape index (κ1) is 41.3. The maximum atomic E-state index is 4.25. The van der Waals surface area contributed by atoms with Crippen molar-refractivity contribution < 1.29 is 9.47 Å². The number of fused-ring (bicyclic) bond motifs is 3. The van der Waals surface area contributed by atoms with Gasteiger partial charge >= 0.3 is 0 Å². The number of hydrogen-bond donors (Lipinski definition) is 0. The van der Waals surface area contributed by atoms with Gasteiger partial charge in [-0.05, 0) is 33.4 Å². The number of rotatable bonds is 2. The van der Waals surface area contributed by atoms with Crippen molar-refractivity contribution in [2.45, 2.75) is 68.2 Å². The van der Waals surface area contributed by atoms with Crippen LogP contribution in [-0.2, 0) is 14.9 Å². The molecule has 0 unspecified atom stereocenters. The van der Waals surface area contributed by atoms with Gasteiger partial charge in [0, 0.05) is 28.4 Å². The van der Waals surface area contributed by atoms with Crippen molar-refractivity contribution in [2.75, 3.05) is 28.4 Å². The molecule has 0 spiro atoms. The van der Waals surface area contributed by atoms with E-state index in [9.17, 15) is 0 Å². The van der Waals surface area contributed by atoms with Crippen LogP contribution in [0.15, 0.2) is 109 Å². The molecule has 0 radical (unpaired) electrons. The molecule has 1 aliphatic rings. The molecule has 2 heteroatoms. The highest BCUT2D eigenvalue weighted by atomic mass is 16.5. The van der Waals surface area contributed by atoms with Gasteiger partial charge in [0.25, 0.3) is 0 Å². The summed E-state index contributed by atoms with van der Waals surface area (Å²) >= 11 is 0. The standard InChI is InChI=1S/C25H18.2C2H6O.4C2H6.CH4/c1-3-11-19(12-4-1)25(20-13-5-2-6-14-20)23-17-9-7-15-21(23)22-16-8-10-18-24(22)25;2*1-3-2;4*1-2;/h1-18H;2*1-2H3;4*1-2H3;1H4. The van der Waals surface area contributed by atoms with E-state index in [1.165, 1.54) is 33.4 Å². The first-order valence-electron chi connectivity index (χ1n) is 14.4. The molecule has 0 atom stereocenters. The summed E-state index contributed by atoms with van der Waals surface area (Å²) in [7, 11) is 6.50. The number of hydrogen-bond acceptors (Lipinski definition) is 2. The van der Waals surface area contributed by atoms with Gasteiger partial charge in [0.1, 0.15) is 0 Å². The van der Waals surface area contributed by atoms with E-state index in [4.69, 9.17) is 0 Å². The SMILES string of the molecule is C.CC.CC.CC.CC.COC.COC.c1ccc(C2(c3ccccc3)c3ccccc3-c3ccccc32)cc1. The van der Waals surface area contributed by atoms with E-state index >= 15 is 0 Å². The Labute approximate surface area is 248 Å². The molecule has 0 bridgehead atoms. The fraction of sp³-hybridized carbons (Fsp3) is 0.368. The zero-order valence-electron chi connectivity index (χ0n) is 26.7. The van der Waals surface area contributed by atoms with Gasteiger partial charge in [-0.2, -0.15) is 0 Å². The van der Waals surface area contributed by atoms with Crippen molar-refractivity contribution in [3.63, 3.8) is 0 Å². The first-order chi connectivity index (χ1) is 19.2. The van der Waals surface area contributed by atoms with E-state index in [1.807, 2.05) is 55.4 Å². The van der Waals surface area contributed by atoms with Crippen molar-refractivity contribution in [3.05, 3.63) is 131 Å². The molecular weight excluding hydrogens is 488 g/mol. The molecule has 2 nitrogen and oxygen atoms in total. The minimum atomic E-state index is -0.254. The lowest BCUT2D eigenvalue weighted by Crippen LogP contribution is -2.28. The van der Waals surface area contributed by atoms with Gasteiger partial charge in [0.05, 0.1) is 5.41 Å². The van der Waals surface area contributed by atoms with Crippen molar-refractivity contribution in [1.82, 2.24) is 0 Å². The number of ether oxygens (including phenoxy) is 2. The second kappa shape index (κ2) is 26.0. The third-order valence-electron chi connectivity index (χ3n) is 5.37. The molecule has 0 N–H and O–H groups in total. The Kier molecular flexibility index (Phi) is 26.9. The quantitative estimate of drug-likeness (QED) is 0.219. The van der Waals surface area contributed by atoms with Crippen LogP contribution in [-0.4, -0.2) is 28.4 Å². The van der Waals surface area contributed by atoms with E-state index < -0.39 is 0 Å². The van der Waals surface area contributed by atoms with Crippen molar-refractivity contribution in [1.29, 1.82) is 0 Å². The average molecular weight is 547 g/mol. The fourth-order valence-electron chi connectivity index (χ4n) is 4.40. The van der Waals surface area contributed by atoms with Gasteiger partial charge in [-0.3, -0.25) is 0 Å². The highest BCUT2D eigenvalue weighted by molar-refractivity contribution is 5.86. The average Bonchev–Trinajstić information content (AvgIpc) is 3.34. The summed E-state index contributed by atoms with van der Waals surface area (Å²) in [6.07, 6.45) is 0. The summed E-state index contributed by atoms with van der Waals surface area (Å²) in [5, 5.41) is 0. The molecule has 4 aromatic carbocycles. The van der Waals surface area contributed by atoms with Gasteiger partial charge in [-0.15, -0.1) is 0 Å². The van der Waals surface area contributed by atoms with E-state index in [2.05, 4.69) is 119 Å². The predicted molar refractivity (Wildman–Crippen MR) is 182 cm³/mol. The molecule has 1 aliphatic carbocycles. The van der Waals surface area contributed by atoms with Crippen molar-refractivity contribution in [3.8, 4) is 11.1 Å². The molecule has 5 rings (SSSR count). The van der Waals surface area contributed by atoms with Gasteiger partial charge in [-0.25, -0.2) is 0 Å². The molecule has 0 saturated carbocycles. The summed E-state index contributed by atoms with van der Waals surface area (Å²) in [5.74, 6) is 0. The maximum absolute atomic E-state index is 4.25. The molecule has 0 saturated heterocycles. The fourth-order valence-corrected chi connectivity index (χ4v) is 4.40. The topological polar surface area (TPSA) is 18.5 Å². The summed E-state index contributed by atoms with van der Waals surface area (Å²) < 4.78 is 8.50.